The highest BCUT2D eigenvalue weighted by Gasteiger charge is 2.20. The Labute approximate surface area is 174 Å². The van der Waals surface area contributed by atoms with E-state index in [2.05, 4.69) is 10.3 Å². The zero-order valence-corrected chi connectivity index (χ0v) is 17.2. The first kappa shape index (κ1) is 20.6. The van der Waals surface area contributed by atoms with Gasteiger partial charge >= 0.3 is 5.97 Å². The summed E-state index contributed by atoms with van der Waals surface area (Å²) < 4.78 is 0. The molecule has 150 valence electrons. The maximum atomic E-state index is 13.0. The Balaban J connectivity index is 2.14. The molecule has 0 unspecified atom stereocenters. The summed E-state index contributed by atoms with van der Waals surface area (Å²) >= 11 is 6.47. The van der Waals surface area contributed by atoms with E-state index in [0.717, 1.165) is 0 Å². The number of hydrogen-bond donors (Lipinski definition) is 2. The van der Waals surface area contributed by atoms with E-state index >= 15 is 0 Å². The van der Waals surface area contributed by atoms with E-state index in [1.165, 1.54) is 6.20 Å². The number of nitrogens with zero attached hydrogens (tertiary/aromatic N) is 2. The van der Waals surface area contributed by atoms with Crippen LogP contribution in [0.2, 0.25) is 5.02 Å². The largest absolute Gasteiger partial charge is 0.478 e. The van der Waals surface area contributed by atoms with E-state index in [-0.39, 0.29) is 11.5 Å². The molecule has 0 atom stereocenters. The van der Waals surface area contributed by atoms with E-state index < -0.39 is 5.97 Å². The van der Waals surface area contributed by atoms with Crippen LogP contribution in [0, 0.1) is 6.92 Å². The Kier molecular flexibility index (Phi) is 6.03. The fourth-order valence-corrected chi connectivity index (χ4v) is 3.61. The van der Waals surface area contributed by atoms with Crippen molar-refractivity contribution in [3.63, 3.8) is 0 Å². The Hall–Kier alpha value is -3.12. The van der Waals surface area contributed by atoms with Crippen LogP contribution in [0.4, 0.5) is 11.5 Å². The third-order valence-electron chi connectivity index (χ3n) is 4.96. The fourth-order valence-electron chi connectivity index (χ4n) is 3.33. The number of benzene rings is 2. The van der Waals surface area contributed by atoms with Crippen molar-refractivity contribution in [1.29, 1.82) is 0 Å². The molecular formula is C22H22ClN3O3. The number of hydrogen-bond acceptors (Lipinski definition) is 4. The number of halogens is 1. The number of carbonyl (C=O) groups excluding carboxylic acids is 1. The molecule has 6 nitrogen and oxygen atoms in total. The molecule has 29 heavy (non-hydrogen) atoms. The number of amides is 1. The lowest BCUT2D eigenvalue weighted by atomic mass is 10.0. The van der Waals surface area contributed by atoms with Crippen molar-refractivity contribution in [3.05, 3.63) is 64.3 Å². The van der Waals surface area contributed by atoms with Gasteiger partial charge in [0.2, 0.25) is 0 Å². The van der Waals surface area contributed by atoms with Crippen LogP contribution in [0.5, 0.6) is 0 Å². The van der Waals surface area contributed by atoms with Crippen LogP contribution >= 0.6 is 11.6 Å². The zero-order valence-electron chi connectivity index (χ0n) is 16.5. The van der Waals surface area contributed by atoms with Gasteiger partial charge in [0.15, 0.2) is 0 Å². The highest BCUT2D eigenvalue weighted by Crippen LogP contribution is 2.33. The minimum Gasteiger partial charge on any atom is -0.478 e. The van der Waals surface area contributed by atoms with E-state index in [0.29, 0.717) is 51.5 Å². The summed E-state index contributed by atoms with van der Waals surface area (Å²) in [4.78, 5) is 30.6. The van der Waals surface area contributed by atoms with Gasteiger partial charge in [-0.2, -0.15) is 0 Å². The monoisotopic (exact) mass is 411 g/mol. The van der Waals surface area contributed by atoms with Crippen LogP contribution in [-0.4, -0.2) is 40.0 Å². The molecule has 3 aromatic rings. The second-order valence-electron chi connectivity index (χ2n) is 6.57. The van der Waals surface area contributed by atoms with Gasteiger partial charge in [-0.25, -0.2) is 9.78 Å². The molecule has 0 fully saturated rings. The number of carboxylic acid groups (broad SMARTS) is 1. The molecular weight excluding hydrogens is 390 g/mol. The van der Waals surface area contributed by atoms with Crippen molar-refractivity contribution in [1.82, 2.24) is 9.88 Å². The van der Waals surface area contributed by atoms with Crippen molar-refractivity contribution in [2.45, 2.75) is 20.8 Å². The lowest BCUT2D eigenvalue weighted by Gasteiger charge is -2.21. The molecule has 1 aromatic heterocycles. The summed E-state index contributed by atoms with van der Waals surface area (Å²) in [5, 5.41) is 14.3. The number of pyridine rings is 1. The van der Waals surface area contributed by atoms with Crippen LogP contribution in [0.15, 0.2) is 42.6 Å². The first-order chi connectivity index (χ1) is 13.9. The number of carboxylic acids is 1. The average Bonchev–Trinajstić information content (AvgIpc) is 2.70. The first-order valence-electron chi connectivity index (χ1n) is 9.35. The van der Waals surface area contributed by atoms with Crippen LogP contribution in [0.1, 0.15) is 40.1 Å². The Morgan fingerprint density at radius 1 is 1.10 bits per heavy atom. The Bertz CT molecular complexity index is 1090. The van der Waals surface area contributed by atoms with Crippen LogP contribution in [-0.2, 0) is 0 Å². The fraction of sp³-hybridized carbons (Fsp3) is 0.227. The molecule has 0 saturated carbocycles. The first-order valence-corrected chi connectivity index (χ1v) is 9.73. The zero-order chi connectivity index (χ0) is 21.1. The van der Waals surface area contributed by atoms with Crippen molar-refractivity contribution < 1.29 is 14.7 Å². The number of aromatic carboxylic acids is 1. The van der Waals surface area contributed by atoms with E-state index in [1.54, 1.807) is 42.2 Å². The van der Waals surface area contributed by atoms with Gasteiger partial charge in [-0.15, -0.1) is 0 Å². The average molecular weight is 412 g/mol. The van der Waals surface area contributed by atoms with E-state index in [1.807, 2.05) is 19.9 Å². The Morgan fingerprint density at radius 2 is 1.79 bits per heavy atom. The minimum absolute atomic E-state index is 0.129. The van der Waals surface area contributed by atoms with E-state index in [4.69, 9.17) is 11.6 Å². The molecule has 0 aliphatic heterocycles. The molecule has 0 aliphatic rings. The number of nitrogens with one attached hydrogen (secondary N) is 1. The van der Waals surface area contributed by atoms with Crippen LogP contribution in [0.25, 0.3) is 10.8 Å². The smallest absolute Gasteiger partial charge is 0.336 e. The second-order valence-corrected chi connectivity index (χ2v) is 6.98. The van der Waals surface area contributed by atoms with Gasteiger partial charge in [-0.3, -0.25) is 4.79 Å². The van der Waals surface area contributed by atoms with Crippen molar-refractivity contribution in [2.24, 2.45) is 0 Å². The predicted molar refractivity (Wildman–Crippen MR) is 115 cm³/mol. The molecule has 0 bridgehead atoms. The minimum atomic E-state index is -0.993. The lowest BCUT2D eigenvalue weighted by molar-refractivity contribution is 0.0695. The molecule has 7 heteroatoms. The van der Waals surface area contributed by atoms with Crippen molar-refractivity contribution in [3.8, 4) is 0 Å². The van der Waals surface area contributed by atoms with Crippen molar-refractivity contribution >= 4 is 45.8 Å². The molecule has 3 rings (SSSR count). The van der Waals surface area contributed by atoms with Gasteiger partial charge in [0.05, 0.1) is 11.1 Å². The molecule has 2 N–H and O–H groups in total. The van der Waals surface area contributed by atoms with Gasteiger partial charge in [-0.05, 0) is 44.5 Å². The number of fused-ring (bicyclic) bond motifs is 1. The summed E-state index contributed by atoms with van der Waals surface area (Å²) in [5.41, 5.74) is 1.88. The van der Waals surface area contributed by atoms with Gasteiger partial charge in [-0.1, -0.05) is 29.8 Å². The van der Waals surface area contributed by atoms with Gasteiger partial charge in [0, 0.05) is 40.8 Å². The number of aromatic nitrogens is 1. The maximum absolute atomic E-state index is 13.0. The topological polar surface area (TPSA) is 82.5 Å². The third kappa shape index (κ3) is 3.89. The summed E-state index contributed by atoms with van der Waals surface area (Å²) in [5.74, 6) is -0.618. The summed E-state index contributed by atoms with van der Waals surface area (Å²) in [6.07, 6.45) is 1.52. The molecule has 0 aliphatic carbocycles. The SMILES string of the molecule is CCN(CC)C(=O)c1cnc(Nc2cccc(C(=O)O)c2C)c2cccc(Cl)c12. The molecule has 0 saturated heterocycles. The highest BCUT2D eigenvalue weighted by atomic mass is 35.5. The van der Waals surface area contributed by atoms with Gasteiger partial charge in [0.25, 0.3) is 5.91 Å². The third-order valence-corrected chi connectivity index (χ3v) is 5.27. The number of rotatable bonds is 6. The van der Waals surface area contributed by atoms with Crippen LogP contribution < -0.4 is 5.32 Å². The highest BCUT2D eigenvalue weighted by molar-refractivity contribution is 6.37. The quantitative estimate of drug-likeness (QED) is 0.588. The molecule has 1 amide bonds. The van der Waals surface area contributed by atoms with E-state index in [9.17, 15) is 14.7 Å². The standard InChI is InChI=1S/C22H22ClN3O3/c1-4-26(5-2)21(27)16-12-24-20(15-9-6-10-17(23)19(15)16)25-18-11-7-8-14(13(18)3)22(28)29/h6-12H,4-5H2,1-3H3,(H,24,25)(H,28,29). The predicted octanol–water partition coefficient (Wildman–Crippen LogP) is 5.12. The lowest BCUT2D eigenvalue weighted by Crippen LogP contribution is -2.30. The Morgan fingerprint density at radius 3 is 2.45 bits per heavy atom. The molecule has 2 aromatic carbocycles. The van der Waals surface area contributed by atoms with Gasteiger partial charge < -0.3 is 15.3 Å². The summed E-state index contributed by atoms with van der Waals surface area (Å²) in [7, 11) is 0. The second kappa shape index (κ2) is 8.49. The van der Waals surface area contributed by atoms with Crippen LogP contribution in [0.3, 0.4) is 0 Å². The molecule has 0 spiro atoms. The number of carbonyl (C=O) groups is 2. The van der Waals surface area contributed by atoms with Crippen molar-refractivity contribution in [2.75, 3.05) is 18.4 Å². The summed E-state index contributed by atoms with van der Waals surface area (Å²) in [6.45, 7) is 6.75. The maximum Gasteiger partial charge on any atom is 0.336 e. The molecule has 1 heterocycles. The normalized spacial score (nSPS) is 10.8. The molecule has 0 radical (unpaired) electrons. The number of anilines is 2. The summed E-state index contributed by atoms with van der Waals surface area (Å²) in [6, 6.07) is 10.4. The van der Waals surface area contributed by atoms with Gasteiger partial charge in [0.1, 0.15) is 5.82 Å².